The van der Waals surface area contributed by atoms with Gasteiger partial charge in [-0.05, 0) is 18.4 Å². The van der Waals surface area contributed by atoms with Crippen LogP contribution in [0.2, 0.25) is 0 Å². The van der Waals surface area contributed by atoms with Crippen LogP contribution in [-0.4, -0.2) is 17.0 Å². The van der Waals surface area contributed by atoms with Crippen LogP contribution < -0.4 is 4.74 Å². The highest BCUT2D eigenvalue weighted by molar-refractivity contribution is 7.31. The van der Waals surface area contributed by atoms with Crippen LogP contribution in [0.15, 0.2) is 24.3 Å². The zero-order valence-corrected chi connectivity index (χ0v) is 14.7. The fourth-order valence-electron chi connectivity index (χ4n) is 2.56. The molecule has 0 saturated carbocycles. The largest absolute Gasteiger partial charge is 0.441 e. The third-order valence-corrected chi connectivity index (χ3v) is 5.78. The molecule has 5 nitrogen and oxygen atoms in total. The molecule has 2 aromatic rings. The quantitative estimate of drug-likeness (QED) is 0.306. The number of aromatic nitrogens is 1. The van der Waals surface area contributed by atoms with Crippen molar-refractivity contribution in [3.05, 3.63) is 50.5 Å². The van der Waals surface area contributed by atoms with E-state index in [1.54, 1.807) is 19.2 Å². The second kappa shape index (κ2) is 8.06. The fourth-order valence-corrected chi connectivity index (χ4v) is 4.15. The van der Waals surface area contributed by atoms with Gasteiger partial charge in [0, 0.05) is 29.0 Å². The van der Waals surface area contributed by atoms with Crippen LogP contribution in [0.25, 0.3) is 0 Å². The highest BCUT2D eigenvalue weighted by Crippen LogP contribution is 2.37. The summed E-state index contributed by atoms with van der Waals surface area (Å²) < 4.78 is 5.41. The van der Waals surface area contributed by atoms with E-state index in [0.29, 0.717) is 0 Å². The lowest BCUT2D eigenvalue weighted by Crippen LogP contribution is -1.95. The molecule has 1 unspecified atom stereocenters. The number of nitrogens with zero attached hydrogens (tertiary/aromatic N) is 2. The summed E-state index contributed by atoms with van der Waals surface area (Å²) in [7, 11) is 1.54. The Bertz CT molecular complexity index is 665. The highest BCUT2D eigenvalue weighted by atomic mass is 32.2. The molecular formula is C17H23N2O3S+. The third-order valence-electron chi connectivity index (χ3n) is 3.88. The second-order valence-corrected chi connectivity index (χ2v) is 7.38. The van der Waals surface area contributed by atoms with Crippen molar-refractivity contribution >= 4 is 16.2 Å². The van der Waals surface area contributed by atoms with Crippen LogP contribution in [0.5, 0.6) is 5.19 Å². The van der Waals surface area contributed by atoms with E-state index >= 15 is 0 Å². The van der Waals surface area contributed by atoms with Crippen LogP contribution in [0, 0.1) is 10.1 Å². The minimum absolute atomic E-state index is 0.125. The summed E-state index contributed by atoms with van der Waals surface area (Å²) in [5.74, 6) is 0. The van der Waals surface area contributed by atoms with Crippen LogP contribution in [0.1, 0.15) is 42.3 Å². The van der Waals surface area contributed by atoms with Crippen molar-refractivity contribution in [2.75, 3.05) is 7.11 Å². The van der Waals surface area contributed by atoms with Crippen molar-refractivity contribution < 1.29 is 9.66 Å². The number of rotatable bonds is 8. The number of hydrogen-bond acceptors (Lipinski definition) is 4. The van der Waals surface area contributed by atoms with E-state index in [-0.39, 0.29) is 21.1 Å². The number of ether oxygens (including phenoxy) is 1. The number of hydrogen-bond donors (Lipinski definition) is 0. The van der Waals surface area contributed by atoms with E-state index in [2.05, 4.69) is 18.2 Å². The first-order valence-electron chi connectivity index (χ1n) is 7.80. The normalized spacial score (nSPS) is 11.5. The molecule has 1 aromatic carbocycles. The molecule has 6 heteroatoms. The number of methoxy groups -OCH3 is 1. The first-order valence-corrected chi connectivity index (χ1v) is 9.44. The molecule has 0 aliphatic rings. The molecule has 1 heterocycles. The first-order chi connectivity index (χ1) is 11.1. The topological polar surface area (TPSA) is 65.3 Å². The van der Waals surface area contributed by atoms with Gasteiger partial charge in [-0.15, -0.1) is 0 Å². The minimum atomic E-state index is -0.370. The van der Waals surface area contributed by atoms with Gasteiger partial charge in [0.05, 0.1) is 12.0 Å². The lowest BCUT2D eigenvalue weighted by atomic mass is 10.1. The maximum atomic E-state index is 10.8. The number of nitro groups is 1. The molecule has 0 aliphatic heterocycles. The summed E-state index contributed by atoms with van der Waals surface area (Å²) in [6.07, 6.45) is 7.40. The summed E-state index contributed by atoms with van der Waals surface area (Å²) in [5, 5.41) is 11.6. The molecule has 1 aromatic heterocycles. The van der Waals surface area contributed by atoms with Gasteiger partial charge in [-0.2, -0.15) is 4.98 Å². The molecule has 1 atom stereocenters. The Morgan fingerprint density at radius 2 is 1.96 bits per heavy atom. The Hall–Kier alpha value is -1.95. The number of benzene rings is 1. The van der Waals surface area contributed by atoms with E-state index < -0.39 is 0 Å². The van der Waals surface area contributed by atoms with Gasteiger partial charge in [0.2, 0.25) is 0 Å². The van der Waals surface area contributed by atoms with Crippen molar-refractivity contribution in [3.8, 4) is 5.19 Å². The number of unbranched alkanes of at least 4 members (excludes halogenated alkanes) is 2. The SMILES string of the molecule is CCCCCc1nc(OC)[s+](C)c1Cc1ccc([N+](=O)[O-])cc1. The van der Waals surface area contributed by atoms with E-state index in [4.69, 9.17) is 4.74 Å². The van der Waals surface area contributed by atoms with Gasteiger partial charge in [-0.25, -0.2) is 0 Å². The minimum Gasteiger partial charge on any atom is -0.441 e. The number of aryl methyl sites for hydroxylation is 1. The maximum absolute atomic E-state index is 10.8. The Morgan fingerprint density at radius 1 is 1.26 bits per heavy atom. The van der Waals surface area contributed by atoms with Crippen LogP contribution in [0.4, 0.5) is 5.69 Å². The maximum Gasteiger partial charge on any atom is 0.434 e. The Balaban J connectivity index is 2.22. The van der Waals surface area contributed by atoms with Crippen LogP contribution in [0.3, 0.4) is 0 Å². The van der Waals surface area contributed by atoms with Gasteiger partial charge in [0.15, 0.2) is 4.88 Å². The molecule has 0 aliphatic carbocycles. The summed E-state index contributed by atoms with van der Waals surface area (Å²) in [5.41, 5.74) is 2.34. The molecule has 0 saturated heterocycles. The average Bonchev–Trinajstić information content (AvgIpc) is 2.84. The molecule has 0 bridgehead atoms. The van der Waals surface area contributed by atoms with Gasteiger partial charge < -0.3 is 4.74 Å². The lowest BCUT2D eigenvalue weighted by molar-refractivity contribution is -0.384. The smallest absolute Gasteiger partial charge is 0.434 e. The fraction of sp³-hybridized carbons (Fsp3) is 0.471. The average molecular weight is 335 g/mol. The Labute approximate surface area is 139 Å². The Morgan fingerprint density at radius 3 is 2.52 bits per heavy atom. The molecule has 2 rings (SSSR count). The van der Waals surface area contributed by atoms with Gasteiger partial charge >= 0.3 is 5.19 Å². The number of non-ortho nitro benzene ring substituents is 1. The molecule has 23 heavy (non-hydrogen) atoms. The van der Waals surface area contributed by atoms with Crippen LogP contribution >= 0.6 is 10.5 Å². The monoisotopic (exact) mass is 335 g/mol. The van der Waals surface area contributed by atoms with E-state index in [1.807, 2.05) is 12.1 Å². The van der Waals surface area contributed by atoms with E-state index in [9.17, 15) is 10.1 Å². The molecule has 0 fully saturated rings. The van der Waals surface area contributed by atoms with Gasteiger partial charge in [0.25, 0.3) is 5.69 Å². The van der Waals surface area contributed by atoms with Crippen molar-refractivity contribution in [1.29, 1.82) is 0 Å². The predicted molar refractivity (Wildman–Crippen MR) is 93.4 cm³/mol. The summed E-state index contributed by atoms with van der Waals surface area (Å²) in [6, 6.07) is 6.79. The summed E-state index contributed by atoms with van der Waals surface area (Å²) >= 11 is 0. The summed E-state index contributed by atoms with van der Waals surface area (Å²) in [4.78, 5) is 16.3. The highest BCUT2D eigenvalue weighted by Gasteiger charge is 2.25. The van der Waals surface area contributed by atoms with Crippen LogP contribution in [-0.2, 0) is 19.1 Å². The lowest BCUT2D eigenvalue weighted by Gasteiger charge is -2.00. The van der Waals surface area contributed by atoms with Crippen molar-refractivity contribution in [2.45, 2.75) is 39.0 Å². The second-order valence-electron chi connectivity index (χ2n) is 5.52. The zero-order chi connectivity index (χ0) is 16.8. The first kappa shape index (κ1) is 17.4. The van der Waals surface area contributed by atoms with Crippen molar-refractivity contribution in [1.82, 2.24) is 4.98 Å². The van der Waals surface area contributed by atoms with Gasteiger partial charge in [-0.3, -0.25) is 10.1 Å². The van der Waals surface area contributed by atoms with E-state index in [1.165, 1.54) is 17.7 Å². The standard InChI is InChI=1S/C17H23N2O3S/c1-4-5-6-7-15-16(23(3)17(18-15)22-2)12-13-8-10-14(11-9-13)19(20)21/h8-11H,4-7,12H2,1-3H3/q+1. The molecule has 0 radical (unpaired) electrons. The molecule has 0 spiro atoms. The third kappa shape index (κ3) is 4.28. The molecule has 0 N–H and O–H groups in total. The van der Waals surface area contributed by atoms with Crippen molar-refractivity contribution in [2.24, 2.45) is 6.26 Å². The number of thiazole rings is 1. The van der Waals surface area contributed by atoms with Gasteiger partial charge in [0.1, 0.15) is 11.9 Å². The summed E-state index contributed by atoms with van der Waals surface area (Å²) in [6.45, 7) is 2.19. The zero-order valence-electron chi connectivity index (χ0n) is 13.9. The Kier molecular flexibility index (Phi) is 6.10. The molecule has 0 amide bonds. The van der Waals surface area contributed by atoms with E-state index in [0.717, 1.165) is 35.7 Å². The van der Waals surface area contributed by atoms with Crippen molar-refractivity contribution in [3.63, 3.8) is 0 Å². The van der Waals surface area contributed by atoms with Gasteiger partial charge in [-0.1, -0.05) is 31.9 Å². The number of nitro benzene ring substituents is 1. The molecule has 124 valence electrons. The predicted octanol–water partition coefficient (Wildman–Crippen LogP) is 4.61. The molecular weight excluding hydrogens is 312 g/mol.